The van der Waals surface area contributed by atoms with Crippen LogP contribution in [0.25, 0.3) is 34.2 Å². The van der Waals surface area contributed by atoms with E-state index in [1.807, 2.05) is 0 Å². The molecule has 78 heavy (non-hydrogen) atoms. The summed E-state index contributed by atoms with van der Waals surface area (Å²) in [6, 6.07) is 18.4. The molecular weight excluding hydrogens is 1090 g/mol. The van der Waals surface area contributed by atoms with Gasteiger partial charge in [0.1, 0.15) is 49.3 Å². The molecule has 2 aliphatic heterocycles. The second kappa shape index (κ2) is 25.6. The van der Waals surface area contributed by atoms with Crippen LogP contribution in [0.5, 0.6) is 0 Å². The van der Waals surface area contributed by atoms with Crippen LogP contribution in [0.3, 0.4) is 0 Å². The van der Waals surface area contributed by atoms with E-state index in [-0.39, 0.29) is 33.1 Å². The minimum Gasteiger partial charge on any atom is -0.416 e. The first kappa shape index (κ1) is 59.2. The molecule has 0 radical (unpaired) electrons. The smallest absolute Gasteiger partial charge is 0.416 e. The molecule has 2 saturated heterocycles. The number of alkyl halides is 6. The van der Waals surface area contributed by atoms with Crippen molar-refractivity contribution in [3.63, 3.8) is 0 Å². The largest absolute Gasteiger partial charge is 0.416 e. The van der Waals surface area contributed by atoms with Crippen LogP contribution in [-0.4, -0.2) is 146 Å². The maximum absolute atomic E-state index is 12.8. The normalized spacial score (nSPS) is 23.4. The third-order valence-corrected chi connectivity index (χ3v) is 13.0. The Kier molecular flexibility index (Phi) is 19.4. The molecule has 4 heterocycles. The second-order valence-electron chi connectivity index (χ2n) is 17.2. The van der Waals surface area contributed by atoms with Crippen LogP contribution < -0.4 is 10.6 Å². The van der Waals surface area contributed by atoms with E-state index in [4.69, 9.17) is 70.6 Å². The Morgan fingerprint density at radius 2 is 0.846 bits per heavy atom. The zero-order chi connectivity index (χ0) is 56.6. The van der Waals surface area contributed by atoms with Crippen molar-refractivity contribution in [2.24, 2.45) is 0 Å². The average molecular weight is 1140 g/mol. The number of aromatic nitrogens is 6. The Bertz CT molecular complexity index is 2780. The lowest BCUT2D eigenvalue weighted by molar-refractivity contribution is -0.289. The van der Waals surface area contributed by atoms with E-state index in [1.165, 1.54) is 113 Å². The average Bonchev–Trinajstić information content (AvgIpc) is 4.14. The van der Waals surface area contributed by atoms with Gasteiger partial charge < -0.3 is 47.4 Å². The molecule has 2 fully saturated rings. The Morgan fingerprint density at radius 1 is 0.513 bits per heavy atom. The van der Waals surface area contributed by atoms with Gasteiger partial charge in [-0.3, -0.25) is 10.6 Å². The van der Waals surface area contributed by atoms with Crippen molar-refractivity contribution in [3.05, 3.63) is 119 Å². The molecule has 0 bridgehead atoms. The zero-order valence-electron chi connectivity index (χ0n) is 42.6. The first-order chi connectivity index (χ1) is 37.1. The van der Waals surface area contributed by atoms with E-state index < -0.39 is 97.1 Å². The molecule has 8 rings (SSSR count). The fraction of sp³-hybridized carbons (Fsp3) is 0.400. The molecule has 0 aliphatic carbocycles. The number of carbonyl (C=O) groups is 2. The van der Waals surface area contributed by atoms with E-state index in [0.717, 1.165) is 24.3 Å². The van der Waals surface area contributed by atoms with Crippen LogP contribution in [-0.2, 0) is 59.7 Å². The molecule has 0 saturated carbocycles. The number of ether oxygens (including phenoxy) is 10. The Balaban J connectivity index is 0.000000226. The van der Waals surface area contributed by atoms with Gasteiger partial charge in [-0.1, -0.05) is 47.5 Å². The Morgan fingerprint density at radius 3 is 1.14 bits per heavy atom. The van der Waals surface area contributed by atoms with Gasteiger partial charge in [0.05, 0.1) is 56.1 Å². The summed E-state index contributed by atoms with van der Waals surface area (Å²) in [6.45, 7) is 3.53. The van der Waals surface area contributed by atoms with E-state index >= 15 is 0 Å². The molecule has 2 aliphatic rings. The van der Waals surface area contributed by atoms with E-state index in [1.54, 1.807) is 26.0 Å². The number of amides is 2. The van der Waals surface area contributed by atoms with Crippen molar-refractivity contribution in [1.82, 2.24) is 29.5 Å². The van der Waals surface area contributed by atoms with Gasteiger partial charge in [-0.05, 0) is 74.5 Å². The minimum absolute atomic E-state index is 0.173. The standard InChI is InChI=1S/2C25H26ClF3N4O6/c2*1-13-19(35-2)20(36-3)21(37-4)23(38-13)39-24(34)31-18-10-9-16(11-17(18)26)33-12-30-22(32-33)14-5-7-15(8-6-14)25(27,28)29/h2*5-13,19-21,23H,1-4H3,(H,31,34)/t13-,19-,20+,21+,23+;13-,19-,20+,21+,23-/m00/s1. The number of anilines is 2. The van der Waals surface area contributed by atoms with Crippen LogP contribution >= 0.6 is 23.2 Å². The molecule has 0 spiro atoms. The van der Waals surface area contributed by atoms with Crippen LogP contribution in [0.1, 0.15) is 25.0 Å². The quantitative estimate of drug-likeness (QED) is 0.0972. The van der Waals surface area contributed by atoms with Crippen LogP contribution in [0, 0.1) is 0 Å². The predicted molar refractivity (Wildman–Crippen MR) is 267 cm³/mol. The molecule has 28 heteroatoms. The fourth-order valence-corrected chi connectivity index (χ4v) is 8.90. The zero-order valence-corrected chi connectivity index (χ0v) is 44.1. The summed E-state index contributed by atoms with van der Waals surface area (Å²) in [5.41, 5.74) is 0.806. The van der Waals surface area contributed by atoms with Crippen molar-refractivity contribution in [3.8, 4) is 34.2 Å². The number of hydrogen-bond acceptors (Lipinski definition) is 16. The molecule has 2 N–H and O–H groups in total. The Labute approximate surface area is 452 Å². The van der Waals surface area contributed by atoms with E-state index in [2.05, 4.69) is 30.8 Å². The summed E-state index contributed by atoms with van der Waals surface area (Å²) >= 11 is 12.8. The highest BCUT2D eigenvalue weighted by Crippen LogP contribution is 2.34. The fourth-order valence-electron chi connectivity index (χ4n) is 8.46. The van der Waals surface area contributed by atoms with Gasteiger partial charge in [-0.25, -0.2) is 28.9 Å². The molecule has 0 unspecified atom stereocenters. The third-order valence-electron chi connectivity index (χ3n) is 12.4. The topological polar surface area (TPSA) is 212 Å². The van der Waals surface area contributed by atoms with Gasteiger partial charge >= 0.3 is 24.5 Å². The number of nitrogens with zero attached hydrogens (tertiary/aromatic N) is 6. The number of methoxy groups -OCH3 is 6. The summed E-state index contributed by atoms with van der Waals surface area (Å²) in [6.07, 6.45) is -14.2. The molecule has 420 valence electrons. The summed E-state index contributed by atoms with van der Waals surface area (Å²) in [5, 5.41) is 14.1. The highest BCUT2D eigenvalue weighted by atomic mass is 35.5. The van der Waals surface area contributed by atoms with Crippen molar-refractivity contribution < 1.29 is 83.3 Å². The maximum Gasteiger partial charge on any atom is 0.416 e. The molecule has 10 atom stereocenters. The van der Waals surface area contributed by atoms with Crippen molar-refractivity contribution in [2.75, 3.05) is 53.3 Å². The molecular formula is C50H52Cl2F6N8O12. The number of hydrogen-bond donors (Lipinski definition) is 2. The summed E-state index contributed by atoms with van der Waals surface area (Å²) in [5.74, 6) is 0.454. The highest BCUT2D eigenvalue weighted by molar-refractivity contribution is 6.34. The molecule has 2 aromatic heterocycles. The molecule has 6 aromatic rings. The summed E-state index contributed by atoms with van der Waals surface area (Å²) < 4.78 is 135. The number of nitrogens with one attached hydrogen (secondary N) is 2. The lowest BCUT2D eigenvalue weighted by Crippen LogP contribution is -2.59. The van der Waals surface area contributed by atoms with Gasteiger partial charge in [0.25, 0.3) is 0 Å². The number of benzene rings is 4. The molecule has 2 amide bonds. The third kappa shape index (κ3) is 13.9. The summed E-state index contributed by atoms with van der Waals surface area (Å²) in [7, 11) is 8.94. The van der Waals surface area contributed by atoms with Gasteiger partial charge in [0, 0.05) is 53.8 Å². The lowest BCUT2D eigenvalue weighted by atomic mass is 9.99. The van der Waals surface area contributed by atoms with Gasteiger partial charge in [0.2, 0.25) is 12.6 Å². The number of carbonyl (C=O) groups excluding carboxylic acids is 2. The van der Waals surface area contributed by atoms with Crippen molar-refractivity contribution >= 4 is 46.8 Å². The highest BCUT2D eigenvalue weighted by Gasteiger charge is 2.48. The summed E-state index contributed by atoms with van der Waals surface area (Å²) in [4.78, 5) is 33.6. The van der Waals surface area contributed by atoms with E-state index in [9.17, 15) is 35.9 Å². The first-order valence-corrected chi connectivity index (χ1v) is 24.1. The minimum atomic E-state index is -4.43. The van der Waals surface area contributed by atoms with Gasteiger partial charge in [0.15, 0.2) is 11.6 Å². The molecule has 4 aromatic carbocycles. The van der Waals surface area contributed by atoms with Crippen LogP contribution in [0.15, 0.2) is 97.6 Å². The second-order valence-corrected chi connectivity index (χ2v) is 18.0. The maximum atomic E-state index is 12.8. The predicted octanol–water partition coefficient (Wildman–Crippen LogP) is 9.89. The van der Waals surface area contributed by atoms with Crippen molar-refractivity contribution in [2.45, 2.75) is 87.6 Å². The van der Waals surface area contributed by atoms with Crippen molar-refractivity contribution in [1.29, 1.82) is 0 Å². The monoisotopic (exact) mass is 1140 g/mol. The first-order valence-electron chi connectivity index (χ1n) is 23.3. The van der Waals surface area contributed by atoms with E-state index in [0.29, 0.717) is 22.5 Å². The Hall–Kier alpha value is -6.46. The molecule has 20 nitrogen and oxygen atoms in total. The van der Waals surface area contributed by atoms with Crippen LogP contribution in [0.4, 0.5) is 47.3 Å². The van der Waals surface area contributed by atoms with Crippen LogP contribution in [0.2, 0.25) is 10.0 Å². The SMILES string of the molecule is CO[C@@H]1[C@@H](OC)[C@H](C)O[C@@H](OC(=O)Nc2ccc(-n3cnc(-c4ccc(C(F)(F)F)cc4)n3)cc2Cl)[C@@H]1OC.CO[C@@H]1[C@@H](OC)[C@H](C)O[C@H](OC(=O)Nc2ccc(-n3cnc(-c4ccc(C(F)(F)F)cc4)n3)cc2Cl)[C@@H]1OC. The number of rotatable bonds is 14. The van der Waals surface area contributed by atoms with Gasteiger partial charge in [-0.2, -0.15) is 26.3 Å². The lowest BCUT2D eigenvalue weighted by Gasteiger charge is -2.43. The number of halogens is 8. The van der Waals surface area contributed by atoms with Gasteiger partial charge in [-0.15, -0.1) is 10.2 Å².